The first-order valence-electron chi connectivity index (χ1n) is 10.8. The van der Waals surface area contributed by atoms with Crippen molar-refractivity contribution in [2.45, 2.75) is 63.5 Å². The number of nitrogens with zero attached hydrogens (tertiary/aromatic N) is 1. The molecule has 0 saturated carbocycles. The molecular formula is C25H28F4N2O. The highest BCUT2D eigenvalue weighted by molar-refractivity contribution is 6.04. The van der Waals surface area contributed by atoms with Crippen molar-refractivity contribution in [2.75, 3.05) is 7.05 Å². The molecular weight excluding hydrogens is 420 g/mol. The average molecular weight is 449 g/mol. The molecule has 0 aromatic heterocycles. The van der Waals surface area contributed by atoms with E-state index in [1.807, 2.05) is 6.92 Å². The Morgan fingerprint density at radius 1 is 1.12 bits per heavy atom. The van der Waals surface area contributed by atoms with Gasteiger partial charge >= 0.3 is 6.18 Å². The van der Waals surface area contributed by atoms with Crippen LogP contribution in [0.25, 0.3) is 0 Å². The van der Waals surface area contributed by atoms with Crippen LogP contribution < -0.4 is 0 Å². The van der Waals surface area contributed by atoms with Crippen LogP contribution in [0.15, 0.2) is 42.5 Å². The third kappa shape index (κ3) is 4.57. The Morgan fingerprint density at radius 2 is 1.78 bits per heavy atom. The Kier molecular flexibility index (Phi) is 6.77. The van der Waals surface area contributed by atoms with Gasteiger partial charge in [-0.3, -0.25) is 10.2 Å². The van der Waals surface area contributed by atoms with Crippen molar-refractivity contribution in [3.8, 4) is 0 Å². The predicted molar refractivity (Wildman–Crippen MR) is 116 cm³/mol. The topological polar surface area (TPSA) is 44.2 Å². The van der Waals surface area contributed by atoms with Crippen molar-refractivity contribution in [3.63, 3.8) is 0 Å². The number of aryl methyl sites for hydroxylation is 1. The molecule has 2 aromatic carbocycles. The van der Waals surface area contributed by atoms with E-state index in [0.29, 0.717) is 23.1 Å². The molecule has 1 N–H and O–H groups in total. The van der Waals surface area contributed by atoms with Crippen molar-refractivity contribution in [1.82, 2.24) is 4.90 Å². The monoisotopic (exact) mass is 448 g/mol. The summed E-state index contributed by atoms with van der Waals surface area (Å²) in [5, 5.41) is 8.31. The zero-order valence-electron chi connectivity index (χ0n) is 18.5. The second-order valence-corrected chi connectivity index (χ2v) is 8.75. The quantitative estimate of drug-likeness (QED) is 0.400. The molecule has 1 saturated heterocycles. The van der Waals surface area contributed by atoms with Crippen LogP contribution in [0.3, 0.4) is 0 Å². The second-order valence-electron chi connectivity index (χ2n) is 8.75. The molecule has 3 nitrogen and oxygen atoms in total. The molecule has 172 valence electrons. The zero-order valence-corrected chi connectivity index (χ0v) is 18.5. The van der Waals surface area contributed by atoms with Crippen LogP contribution in [0.1, 0.15) is 67.7 Å². The Balaban J connectivity index is 2.07. The number of unbranched alkanes of at least 4 members (excludes halogenated alkanes) is 2. The van der Waals surface area contributed by atoms with Crippen molar-refractivity contribution >= 4 is 11.7 Å². The zero-order chi connectivity index (χ0) is 23.7. The molecule has 2 aromatic rings. The summed E-state index contributed by atoms with van der Waals surface area (Å²) in [6.07, 6.45) is -0.869. The molecule has 0 unspecified atom stereocenters. The number of benzene rings is 2. The minimum atomic E-state index is -4.47. The van der Waals surface area contributed by atoms with Gasteiger partial charge in [-0.05, 0) is 47.7 Å². The fourth-order valence-corrected chi connectivity index (χ4v) is 4.50. The van der Waals surface area contributed by atoms with Crippen molar-refractivity contribution in [1.29, 1.82) is 5.41 Å². The summed E-state index contributed by atoms with van der Waals surface area (Å²) in [4.78, 5) is 14.5. The van der Waals surface area contributed by atoms with Crippen molar-refractivity contribution in [2.24, 2.45) is 0 Å². The Morgan fingerprint density at radius 3 is 2.38 bits per heavy atom. The largest absolute Gasteiger partial charge is 0.416 e. The molecule has 0 radical (unpaired) electrons. The fraction of sp³-hybridized carbons (Fsp3) is 0.440. The number of alkyl halides is 3. The molecule has 0 bridgehead atoms. The van der Waals surface area contributed by atoms with Gasteiger partial charge in [0.05, 0.1) is 11.5 Å². The van der Waals surface area contributed by atoms with E-state index in [0.717, 1.165) is 31.4 Å². The number of hydrogen-bond donors (Lipinski definition) is 1. The lowest BCUT2D eigenvalue weighted by Gasteiger charge is -2.45. The summed E-state index contributed by atoms with van der Waals surface area (Å²) in [5.74, 6) is -1.34. The number of likely N-dealkylation sites (tertiary alicyclic amines) is 1. The number of nitrogens with one attached hydrogen (secondary N) is 1. The van der Waals surface area contributed by atoms with Crippen molar-refractivity contribution < 1.29 is 22.4 Å². The standard InChI is InChI=1S/C25H28F4N2O/c1-4-5-6-7-17-14-19(12-13-20(17)26)24(2)15-21(30)31(3)23(32)22(24)16-8-10-18(11-9-16)25(27,28)29/h8-14,22,30H,4-7,15H2,1-3H3/t22-,24+/m1/s1. The minimum absolute atomic E-state index is 0.123. The number of hydrogen-bond acceptors (Lipinski definition) is 2. The lowest BCUT2D eigenvalue weighted by molar-refractivity contribution is -0.137. The maximum Gasteiger partial charge on any atom is 0.416 e. The Hall–Kier alpha value is -2.70. The number of amidine groups is 1. The summed E-state index contributed by atoms with van der Waals surface area (Å²) in [7, 11) is 1.50. The molecule has 1 aliphatic rings. The number of rotatable bonds is 6. The van der Waals surface area contributed by atoms with Crippen molar-refractivity contribution in [3.05, 3.63) is 70.5 Å². The number of amides is 1. The molecule has 1 fully saturated rings. The molecule has 1 aliphatic heterocycles. The molecule has 3 rings (SSSR count). The van der Waals surface area contributed by atoms with Crippen LogP contribution in [0, 0.1) is 11.2 Å². The van der Waals surface area contributed by atoms with Gasteiger partial charge in [0.15, 0.2) is 0 Å². The van der Waals surface area contributed by atoms with Gasteiger partial charge in [-0.2, -0.15) is 13.2 Å². The molecule has 1 amide bonds. The van der Waals surface area contributed by atoms with E-state index < -0.39 is 23.1 Å². The summed E-state index contributed by atoms with van der Waals surface area (Å²) in [5.41, 5.74) is 0.0323. The third-order valence-electron chi connectivity index (χ3n) is 6.48. The predicted octanol–water partition coefficient (Wildman–Crippen LogP) is 6.46. The molecule has 32 heavy (non-hydrogen) atoms. The van der Waals surface area contributed by atoms with E-state index in [1.54, 1.807) is 12.1 Å². The highest BCUT2D eigenvalue weighted by atomic mass is 19.4. The third-order valence-corrected chi connectivity index (χ3v) is 6.48. The normalized spacial score (nSPS) is 21.8. The summed E-state index contributed by atoms with van der Waals surface area (Å²) in [6.45, 7) is 3.90. The van der Waals surface area contributed by atoms with Gasteiger partial charge in [0.1, 0.15) is 11.7 Å². The van der Waals surface area contributed by atoms with Crippen LogP contribution >= 0.6 is 0 Å². The Bertz CT molecular complexity index is 1000. The molecule has 2 atom stereocenters. The number of likely N-dealkylation sites (N-methyl/N-ethyl adjacent to an activating group) is 1. The van der Waals surface area contributed by atoms with Crippen LogP contribution in [-0.2, 0) is 22.8 Å². The number of halogens is 4. The fourth-order valence-electron chi connectivity index (χ4n) is 4.50. The van der Waals surface area contributed by atoms with Gasteiger partial charge in [-0.15, -0.1) is 0 Å². The Labute approximate surface area is 185 Å². The van der Waals surface area contributed by atoms with E-state index >= 15 is 0 Å². The first-order chi connectivity index (χ1) is 15.0. The summed E-state index contributed by atoms with van der Waals surface area (Å²) < 4.78 is 53.6. The number of piperidine rings is 1. The van der Waals surface area contributed by atoms with Gasteiger partial charge in [0, 0.05) is 18.9 Å². The minimum Gasteiger partial charge on any atom is -0.303 e. The summed E-state index contributed by atoms with van der Waals surface area (Å²) in [6, 6.07) is 9.39. The van der Waals surface area contributed by atoms with E-state index in [-0.39, 0.29) is 24.0 Å². The van der Waals surface area contributed by atoms with Gasteiger partial charge in [0.25, 0.3) is 0 Å². The van der Waals surface area contributed by atoms with E-state index in [9.17, 15) is 22.4 Å². The first-order valence-corrected chi connectivity index (χ1v) is 10.8. The lowest BCUT2D eigenvalue weighted by atomic mass is 9.64. The second kappa shape index (κ2) is 9.04. The highest BCUT2D eigenvalue weighted by Crippen LogP contribution is 2.47. The first kappa shape index (κ1) is 24.0. The van der Waals surface area contributed by atoms with Crippen LogP contribution in [0.5, 0.6) is 0 Å². The van der Waals surface area contributed by atoms with Gasteiger partial charge < -0.3 is 4.90 Å². The average Bonchev–Trinajstić information content (AvgIpc) is 2.73. The lowest BCUT2D eigenvalue weighted by Crippen LogP contribution is -2.52. The smallest absolute Gasteiger partial charge is 0.303 e. The van der Waals surface area contributed by atoms with Crippen LogP contribution in [0.2, 0.25) is 0 Å². The molecule has 1 heterocycles. The maximum atomic E-state index is 14.5. The van der Waals surface area contributed by atoms with E-state index in [2.05, 4.69) is 6.92 Å². The molecule has 0 aliphatic carbocycles. The van der Waals surface area contributed by atoms with E-state index in [4.69, 9.17) is 5.41 Å². The van der Waals surface area contributed by atoms with Gasteiger partial charge in [0.2, 0.25) is 5.91 Å². The SMILES string of the molecule is CCCCCc1cc([C@]2(C)CC(=N)N(C)C(=O)[C@H]2c2ccc(C(F)(F)F)cc2)ccc1F. The van der Waals surface area contributed by atoms with Gasteiger partial charge in [-0.1, -0.05) is 51.0 Å². The molecule has 7 heteroatoms. The maximum absolute atomic E-state index is 14.5. The van der Waals surface area contributed by atoms with Crippen LogP contribution in [-0.4, -0.2) is 23.7 Å². The van der Waals surface area contributed by atoms with Crippen LogP contribution in [0.4, 0.5) is 17.6 Å². The summed E-state index contributed by atoms with van der Waals surface area (Å²) >= 11 is 0. The van der Waals surface area contributed by atoms with E-state index in [1.165, 1.54) is 30.1 Å². The molecule has 0 spiro atoms. The number of carbonyl (C=O) groups excluding carboxylic acids is 1. The number of carbonyl (C=O) groups is 1. The highest BCUT2D eigenvalue weighted by Gasteiger charge is 2.48. The van der Waals surface area contributed by atoms with Gasteiger partial charge in [-0.25, -0.2) is 4.39 Å².